The first-order chi connectivity index (χ1) is 14.3. The summed E-state index contributed by atoms with van der Waals surface area (Å²) in [6.45, 7) is 6.15. The largest absolute Gasteiger partial charge is 0.378 e. The highest BCUT2D eigenvalue weighted by Gasteiger charge is 2.36. The molecule has 0 atom stereocenters. The molecule has 4 rings (SSSR count). The number of thioether (sulfide) groups is 1. The molecule has 9 heteroatoms. The second-order valence-corrected chi connectivity index (χ2v) is 9.42. The van der Waals surface area contributed by atoms with Gasteiger partial charge in [0.1, 0.15) is 6.54 Å². The van der Waals surface area contributed by atoms with Gasteiger partial charge in [0.25, 0.3) is 11.1 Å². The number of ether oxygens (including phenoxy) is 1. The van der Waals surface area contributed by atoms with Crippen molar-refractivity contribution >= 4 is 61.7 Å². The van der Waals surface area contributed by atoms with Crippen molar-refractivity contribution in [3.63, 3.8) is 0 Å². The number of benzene rings is 1. The van der Waals surface area contributed by atoms with Gasteiger partial charge in [-0.05, 0) is 49.9 Å². The van der Waals surface area contributed by atoms with Crippen molar-refractivity contribution in [2.24, 2.45) is 0 Å². The number of hydrogen-bond acceptors (Lipinski definition) is 5. The van der Waals surface area contributed by atoms with Crippen molar-refractivity contribution in [3.05, 3.63) is 39.3 Å². The number of halogens is 1. The molecule has 0 unspecified atom stereocenters. The summed E-state index contributed by atoms with van der Waals surface area (Å²) in [5, 5.41) is 0.657. The molecule has 3 heterocycles. The quantitative estimate of drug-likeness (QED) is 0.609. The smallest absolute Gasteiger partial charge is 0.293 e. The summed E-state index contributed by atoms with van der Waals surface area (Å²) in [5.41, 5.74) is 1.70. The van der Waals surface area contributed by atoms with Crippen LogP contribution in [0.5, 0.6) is 0 Å². The van der Waals surface area contributed by atoms with Crippen LogP contribution in [0.4, 0.5) is 4.79 Å². The van der Waals surface area contributed by atoms with Crippen LogP contribution < -0.4 is 0 Å². The Morgan fingerprint density at radius 1 is 1.27 bits per heavy atom. The molecule has 30 heavy (non-hydrogen) atoms. The Labute approximate surface area is 187 Å². The molecule has 0 saturated carbocycles. The van der Waals surface area contributed by atoms with Gasteiger partial charge in [0.05, 0.1) is 18.1 Å². The summed E-state index contributed by atoms with van der Waals surface area (Å²) in [5.74, 6) is -0.245. The second-order valence-electron chi connectivity index (χ2n) is 7.51. The van der Waals surface area contributed by atoms with Gasteiger partial charge in [-0.1, -0.05) is 15.9 Å². The third-order valence-corrected chi connectivity index (χ3v) is 6.55. The topological polar surface area (TPSA) is 71.8 Å². The van der Waals surface area contributed by atoms with Crippen LogP contribution in [0.3, 0.4) is 0 Å². The van der Waals surface area contributed by atoms with Gasteiger partial charge in [-0.2, -0.15) is 0 Å². The van der Waals surface area contributed by atoms with Gasteiger partial charge in [0.15, 0.2) is 0 Å². The molecule has 7 nitrogen and oxygen atoms in total. The molecular weight excluding hydrogens is 470 g/mol. The Bertz CT molecular complexity index is 1060. The fourth-order valence-corrected chi connectivity index (χ4v) is 4.98. The van der Waals surface area contributed by atoms with Gasteiger partial charge in [-0.3, -0.25) is 19.3 Å². The Kier molecular flexibility index (Phi) is 6.04. The van der Waals surface area contributed by atoms with E-state index >= 15 is 0 Å². The summed E-state index contributed by atoms with van der Waals surface area (Å²) in [7, 11) is 0. The van der Waals surface area contributed by atoms with Gasteiger partial charge in [0, 0.05) is 46.3 Å². The van der Waals surface area contributed by atoms with E-state index in [0.717, 1.165) is 32.7 Å². The fourth-order valence-electron chi connectivity index (χ4n) is 3.67. The number of morpholine rings is 1. The molecule has 1 aromatic carbocycles. The van der Waals surface area contributed by atoms with Gasteiger partial charge >= 0.3 is 0 Å². The maximum atomic E-state index is 12.8. The summed E-state index contributed by atoms with van der Waals surface area (Å²) in [4.78, 5) is 41.1. The number of aromatic nitrogens is 1. The molecular formula is C21H22BrN3O4S. The van der Waals surface area contributed by atoms with Crippen LogP contribution in [0.25, 0.3) is 17.0 Å². The number of amides is 3. The normalized spacial score (nSPS) is 19.0. The molecule has 2 fully saturated rings. The SMILES string of the molecule is CC(C)N1C(=O)S/C(=C\c2cn(CC(=O)N3CCOCC3)c3ccc(Br)cc23)C1=O. The van der Waals surface area contributed by atoms with Crippen molar-refractivity contribution in [1.82, 2.24) is 14.4 Å². The lowest BCUT2D eigenvalue weighted by molar-refractivity contribution is -0.135. The van der Waals surface area contributed by atoms with Crippen molar-refractivity contribution in [2.45, 2.75) is 26.4 Å². The predicted molar refractivity (Wildman–Crippen MR) is 120 cm³/mol. The van der Waals surface area contributed by atoms with Crippen LogP contribution in [-0.2, 0) is 20.9 Å². The number of hydrogen-bond donors (Lipinski definition) is 0. The van der Waals surface area contributed by atoms with Crippen LogP contribution in [-0.4, -0.2) is 63.8 Å². The van der Waals surface area contributed by atoms with E-state index in [9.17, 15) is 14.4 Å². The van der Waals surface area contributed by atoms with E-state index in [1.165, 1.54) is 4.90 Å². The van der Waals surface area contributed by atoms with Crippen LogP contribution >= 0.6 is 27.7 Å². The van der Waals surface area contributed by atoms with Gasteiger partial charge in [-0.15, -0.1) is 0 Å². The van der Waals surface area contributed by atoms with Crippen LogP contribution in [0.1, 0.15) is 19.4 Å². The summed E-state index contributed by atoms with van der Waals surface area (Å²) < 4.78 is 8.13. The van der Waals surface area contributed by atoms with Crippen LogP contribution in [0, 0.1) is 0 Å². The van der Waals surface area contributed by atoms with E-state index in [2.05, 4.69) is 15.9 Å². The monoisotopic (exact) mass is 491 g/mol. The Morgan fingerprint density at radius 3 is 2.67 bits per heavy atom. The molecule has 158 valence electrons. The van der Waals surface area contributed by atoms with E-state index < -0.39 is 0 Å². The summed E-state index contributed by atoms with van der Waals surface area (Å²) >= 11 is 4.45. The zero-order valence-corrected chi connectivity index (χ0v) is 19.2. The van der Waals surface area contributed by atoms with E-state index in [-0.39, 0.29) is 29.6 Å². The lowest BCUT2D eigenvalue weighted by Gasteiger charge is -2.27. The lowest BCUT2D eigenvalue weighted by atomic mass is 10.1. The molecule has 0 bridgehead atoms. The first kappa shape index (κ1) is 21.1. The zero-order valence-electron chi connectivity index (χ0n) is 16.8. The standard InChI is InChI=1S/C21H22BrN3O4S/c1-13(2)25-20(27)18(30-21(25)28)9-14-11-24(17-4-3-15(22)10-16(14)17)12-19(26)23-5-7-29-8-6-23/h3-4,9-11,13H,5-8,12H2,1-2H3/b18-9-. The lowest BCUT2D eigenvalue weighted by Crippen LogP contribution is -2.42. The third-order valence-electron chi connectivity index (χ3n) is 5.17. The molecule has 2 aliphatic rings. The second kappa shape index (κ2) is 8.56. The van der Waals surface area contributed by atoms with Crippen LogP contribution in [0.2, 0.25) is 0 Å². The highest BCUT2D eigenvalue weighted by molar-refractivity contribution is 9.10. The first-order valence-corrected chi connectivity index (χ1v) is 11.4. The van der Waals surface area contributed by atoms with Crippen molar-refractivity contribution < 1.29 is 19.1 Å². The minimum absolute atomic E-state index is 0.0322. The molecule has 0 radical (unpaired) electrons. The molecule has 2 aliphatic heterocycles. The number of rotatable bonds is 4. The fraction of sp³-hybridized carbons (Fsp3) is 0.381. The molecule has 2 aromatic rings. The average molecular weight is 492 g/mol. The molecule has 3 amide bonds. The maximum Gasteiger partial charge on any atom is 0.293 e. The number of carbonyl (C=O) groups is 3. The van der Waals surface area contributed by atoms with Crippen molar-refractivity contribution in [3.8, 4) is 0 Å². The van der Waals surface area contributed by atoms with E-state index in [0.29, 0.717) is 31.2 Å². The Morgan fingerprint density at radius 2 is 2.00 bits per heavy atom. The van der Waals surface area contributed by atoms with Gasteiger partial charge < -0.3 is 14.2 Å². The molecule has 0 aliphatic carbocycles. The highest BCUT2D eigenvalue weighted by Crippen LogP contribution is 2.35. The number of fused-ring (bicyclic) bond motifs is 1. The molecule has 0 N–H and O–H groups in total. The van der Waals surface area contributed by atoms with E-state index in [1.54, 1.807) is 6.08 Å². The van der Waals surface area contributed by atoms with E-state index in [4.69, 9.17) is 4.74 Å². The number of nitrogens with zero attached hydrogens (tertiary/aromatic N) is 3. The number of carbonyl (C=O) groups excluding carboxylic acids is 3. The van der Waals surface area contributed by atoms with Crippen molar-refractivity contribution in [1.29, 1.82) is 0 Å². The Balaban J connectivity index is 1.69. The Hall–Kier alpha value is -2.10. The van der Waals surface area contributed by atoms with Gasteiger partial charge in [0.2, 0.25) is 5.91 Å². The average Bonchev–Trinajstić information content (AvgIpc) is 3.18. The third kappa shape index (κ3) is 4.06. The van der Waals surface area contributed by atoms with Crippen molar-refractivity contribution in [2.75, 3.05) is 26.3 Å². The van der Waals surface area contributed by atoms with Gasteiger partial charge in [-0.25, -0.2) is 0 Å². The first-order valence-electron chi connectivity index (χ1n) is 9.76. The zero-order chi connectivity index (χ0) is 21.4. The minimum atomic E-state index is -0.278. The minimum Gasteiger partial charge on any atom is -0.378 e. The summed E-state index contributed by atoms with van der Waals surface area (Å²) in [6, 6.07) is 5.64. The maximum absolute atomic E-state index is 12.8. The van der Waals surface area contributed by atoms with Crippen LogP contribution in [0.15, 0.2) is 33.8 Å². The molecule has 0 spiro atoms. The van der Waals surface area contributed by atoms with E-state index in [1.807, 2.05) is 47.7 Å². The predicted octanol–water partition coefficient (Wildman–Crippen LogP) is 3.71. The molecule has 1 aromatic heterocycles. The molecule has 2 saturated heterocycles. The number of imide groups is 1. The summed E-state index contributed by atoms with van der Waals surface area (Å²) in [6.07, 6.45) is 3.62. The highest BCUT2D eigenvalue weighted by atomic mass is 79.9.